The van der Waals surface area contributed by atoms with Gasteiger partial charge in [0.1, 0.15) is 0 Å². The van der Waals surface area contributed by atoms with Gasteiger partial charge < -0.3 is 0 Å². The van der Waals surface area contributed by atoms with Gasteiger partial charge in [-0.1, -0.05) is 17.7 Å². The fourth-order valence-electron chi connectivity index (χ4n) is 2.55. The number of carbonyl (C=O) groups is 1. The summed E-state index contributed by atoms with van der Waals surface area (Å²) in [5.74, 6) is 0.886. The molecule has 1 saturated carbocycles. The SMILES string of the molecule is C=C1CCCC2=C(C)C(=O)CC2C1. The van der Waals surface area contributed by atoms with E-state index in [0.717, 1.165) is 31.3 Å². The van der Waals surface area contributed by atoms with Crippen molar-refractivity contribution in [3.05, 3.63) is 23.3 Å². The molecule has 0 amide bonds. The van der Waals surface area contributed by atoms with Gasteiger partial charge in [-0.25, -0.2) is 0 Å². The van der Waals surface area contributed by atoms with Crippen molar-refractivity contribution in [3.63, 3.8) is 0 Å². The van der Waals surface area contributed by atoms with Gasteiger partial charge in [-0.05, 0) is 44.1 Å². The molecule has 2 aliphatic carbocycles. The summed E-state index contributed by atoms with van der Waals surface area (Å²) in [6, 6.07) is 0. The number of rotatable bonds is 0. The molecule has 1 heteroatoms. The molecule has 0 aromatic heterocycles. The Morgan fingerprint density at radius 2 is 2.08 bits per heavy atom. The zero-order valence-electron chi connectivity index (χ0n) is 8.23. The molecule has 1 nitrogen and oxygen atoms in total. The molecular weight excluding hydrogens is 160 g/mol. The number of fused-ring (bicyclic) bond motifs is 1. The molecule has 0 aromatic rings. The van der Waals surface area contributed by atoms with E-state index in [9.17, 15) is 4.79 Å². The van der Waals surface area contributed by atoms with Crippen molar-refractivity contribution in [2.75, 3.05) is 0 Å². The lowest BCUT2D eigenvalue weighted by Gasteiger charge is -2.09. The van der Waals surface area contributed by atoms with Gasteiger partial charge in [0.15, 0.2) is 5.78 Å². The summed E-state index contributed by atoms with van der Waals surface area (Å²) in [7, 11) is 0. The molecule has 1 unspecified atom stereocenters. The largest absolute Gasteiger partial charge is 0.295 e. The Morgan fingerprint density at radius 1 is 1.31 bits per heavy atom. The standard InChI is InChI=1S/C12H16O/c1-8-4-3-5-11-9(2)12(13)7-10(11)6-8/h10H,1,3-7H2,2H3. The maximum Gasteiger partial charge on any atom is 0.159 e. The number of carbonyl (C=O) groups excluding carboxylic acids is 1. The number of Topliss-reactive ketones (excluding diaryl/α,β-unsaturated/α-hetero) is 1. The quantitative estimate of drug-likeness (QED) is 0.518. The highest BCUT2D eigenvalue weighted by atomic mass is 16.1. The minimum absolute atomic E-state index is 0.370. The van der Waals surface area contributed by atoms with Gasteiger partial charge in [-0.3, -0.25) is 4.79 Å². The van der Waals surface area contributed by atoms with Crippen LogP contribution in [0.5, 0.6) is 0 Å². The number of allylic oxidation sites excluding steroid dienone is 3. The highest BCUT2D eigenvalue weighted by Crippen LogP contribution is 2.39. The van der Waals surface area contributed by atoms with Crippen LogP contribution in [0, 0.1) is 5.92 Å². The van der Waals surface area contributed by atoms with Gasteiger partial charge in [0.25, 0.3) is 0 Å². The van der Waals surface area contributed by atoms with Gasteiger partial charge in [-0.2, -0.15) is 0 Å². The summed E-state index contributed by atoms with van der Waals surface area (Å²) in [5.41, 5.74) is 3.82. The van der Waals surface area contributed by atoms with Crippen LogP contribution < -0.4 is 0 Å². The average Bonchev–Trinajstić information content (AvgIpc) is 2.28. The van der Waals surface area contributed by atoms with E-state index in [2.05, 4.69) is 6.58 Å². The van der Waals surface area contributed by atoms with Crippen LogP contribution in [0.1, 0.15) is 39.0 Å². The van der Waals surface area contributed by atoms with Crippen molar-refractivity contribution in [3.8, 4) is 0 Å². The smallest absolute Gasteiger partial charge is 0.159 e. The molecular formula is C12H16O. The number of hydrogen-bond donors (Lipinski definition) is 0. The predicted molar refractivity (Wildman–Crippen MR) is 53.4 cm³/mol. The summed E-state index contributed by atoms with van der Waals surface area (Å²) in [5, 5.41) is 0. The van der Waals surface area contributed by atoms with E-state index in [1.807, 2.05) is 6.92 Å². The molecule has 13 heavy (non-hydrogen) atoms. The zero-order chi connectivity index (χ0) is 9.42. The van der Waals surface area contributed by atoms with Crippen molar-refractivity contribution in [1.29, 1.82) is 0 Å². The third-order valence-corrected chi connectivity index (χ3v) is 3.34. The molecule has 0 heterocycles. The van der Waals surface area contributed by atoms with Crippen LogP contribution in [0.2, 0.25) is 0 Å². The van der Waals surface area contributed by atoms with Gasteiger partial charge in [0.05, 0.1) is 0 Å². The van der Waals surface area contributed by atoms with E-state index in [1.165, 1.54) is 17.6 Å². The van der Waals surface area contributed by atoms with E-state index < -0.39 is 0 Å². The monoisotopic (exact) mass is 176 g/mol. The second-order valence-corrected chi connectivity index (χ2v) is 4.28. The topological polar surface area (TPSA) is 17.1 Å². The lowest BCUT2D eigenvalue weighted by Crippen LogP contribution is -1.99. The maximum atomic E-state index is 11.5. The van der Waals surface area contributed by atoms with Crippen molar-refractivity contribution in [2.24, 2.45) is 5.92 Å². The second-order valence-electron chi connectivity index (χ2n) is 4.28. The highest BCUT2D eigenvalue weighted by Gasteiger charge is 2.30. The van der Waals surface area contributed by atoms with Crippen LogP contribution in [0.15, 0.2) is 23.3 Å². The van der Waals surface area contributed by atoms with Gasteiger partial charge in [0.2, 0.25) is 0 Å². The van der Waals surface area contributed by atoms with Crippen LogP contribution in [0.25, 0.3) is 0 Å². The van der Waals surface area contributed by atoms with E-state index >= 15 is 0 Å². The van der Waals surface area contributed by atoms with Crippen LogP contribution in [0.4, 0.5) is 0 Å². The molecule has 70 valence electrons. The fraction of sp³-hybridized carbons (Fsp3) is 0.583. The van der Waals surface area contributed by atoms with E-state index in [1.54, 1.807) is 0 Å². The number of hydrogen-bond acceptors (Lipinski definition) is 1. The lowest BCUT2D eigenvalue weighted by molar-refractivity contribution is -0.115. The summed E-state index contributed by atoms with van der Waals surface area (Å²) in [4.78, 5) is 11.5. The summed E-state index contributed by atoms with van der Waals surface area (Å²) < 4.78 is 0. The minimum atomic E-state index is 0.370. The first-order valence-electron chi connectivity index (χ1n) is 5.08. The van der Waals surface area contributed by atoms with Crippen LogP contribution in [-0.2, 0) is 4.79 Å². The summed E-state index contributed by atoms with van der Waals surface area (Å²) in [6.45, 7) is 6.04. The normalized spacial score (nSPS) is 29.2. The molecule has 2 rings (SSSR count). The molecule has 0 N–H and O–H groups in total. The molecule has 0 saturated heterocycles. The Balaban J connectivity index is 2.28. The van der Waals surface area contributed by atoms with Crippen molar-refractivity contribution in [1.82, 2.24) is 0 Å². The number of ketones is 1. The molecule has 1 fully saturated rings. The Hall–Kier alpha value is -0.850. The Kier molecular flexibility index (Phi) is 2.10. The van der Waals surface area contributed by atoms with E-state index in [4.69, 9.17) is 0 Å². The molecule has 2 aliphatic rings. The first-order valence-corrected chi connectivity index (χ1v) is 5.08. The summed E-state index contributed by atoms with van der Waals surface area (Å²) in [6.07, 6.45) is 5.27. The minimum Gasteiger partial charge on any atom is -0.295 e. The molecule has 0 aromatic carbocycles. The van der Waals surface area contributed by atoms with Crippen molar-refractivity contribution in [2.45, 2.75) is 39.0 Å². The Bertz CT molecular complexity index is 296. The van der Waals surface area contributed by atoms with Crippen LogP contribution in [-0.4, -0.2) is 5.78 Å². The first-order chi connectivity index (χ1) is 6.18. The fourth-order valence-corrected chi connectivity index (χ4v) is 2.55. The Labute approximate surface area is 79.5 Å². The van der Waals surface area contributed by atoms with Gasteiger partial charge in [0, 0.05) is 6.42 Å². The molecule has 0 bridgehead atoms. The molecule has 0 spiro atoms. The van der Waals surface area contributed by atoms with Crippen molar-refractivity contribution >= 4 is 5.78 Å². The summed E-state index contributed by atoms with van der Waals surface area (Å²) >= 11 is 0. The second kappa shape index (κ2) is 3.13. The third kappa shape index (κ3) is 1.48. The predicted octanol–water partition coefficient (Wildman–Crippen LogP) is 3.02. The molecule has 1 atom stereocenters. The average molecular weight is 176 g/mol. The van der Waals surface area contributed by atoms with Crippen molar-refractivity contribution < 1.29 is 4.79 Å². The highest BCUT2D eigenvalue weighted by molar-refractivity contribution is 5.98. The van der Waals surface area contributed by atoms with Gasteiger partial charge in [-0.15, -0.1) is 0 Å². The van der Waals surface area contributed by atoms with Crippen LogP contribution in [0.3, 0.4) is 0 Å². The third-order valence-electron chi connectivity index (χ3n) is 3.34. The lowest BCUT2D eigenvalue weighted by atomic mass is 9.95. The molecule has 0 radical (unpaired) electrons. The van der Waals surface area contributed by atoms with E-state index in [-0.39, 0.29) is 0 Å². The van der Waals surface area contributed by atoms with E-state index in [0.29, 0.717) is 11.7 Å². The Morgan fingerprint density at radius 3 is 2.85 bits per heavy atom. The first kappa shape index (κ1) is 8.74. The zero-order valence-corrected chi connectivity index (χ0v) is 8.23. The van der Waals surface area contributed by atoms with Gasteiger partial charge >= 0.3 is 0 Å². The molecule has 0 aliphatic heterocycles. The maximum absolute atomic E-state index is 11.5. The van der Waals surface area contributed by atoms with Crippen LogP contribution >= 0.6 is 0 Å².